The number of ether oxygens (including phenoxy) is 3. The Hall–Kier alpha value is -1.59. The summed E-state index contributed by atoms with van der Waals surface area (Å²) in [6, 6.07) is 0. The van der Waals surface area contributed by atoms with Gasteiger partial charge in [0.25, 0.3) is 0 Å². The van der Waals surface area contributed by atoms with Crippen molar-refractivity contribution in [2.75, 3.05) is 13.2 Å². The van der Waals surface area contributed by atoms with Gasteiger partial charge in [0.15, 0.2) is 6.10 Å². The fraction of sp³-hybridized carbons (Fsp3) is 0.936. The third-order valence-corrected chi connectivity index (χ3v) is 10.8. The Morgan fingerprint density at radius 3 is 0.981 bits per heavy atom. The van der Waals surface area contributed by atoms with Gasteiger partial charge in [-0.2, -0.15) is 0 Å². The molecule has 0 saturated heterocycles. The second kappa shape index (κ2) is 38.7. The fourth-order valence-corrected chi connectivity index (χ4v) is 6.85. The predicted octanol–water partition coefficient (Wildman–Crippen LogP) is 14.4. The minimum absolute atomic E-state index is 0.0669. The molecule has 0 aliphatic heterocycles. The van der Waals surface area contributed by atoms with E-state index in [1.54, 1.807) is 0 Å². The number of carbonyl (C=O) groups is 3. The van der Waals surface area contributed by atoms with Crippen molar-refractivity contribution in [3.05, 3.63) is 0 Å². The first-order valence-electron chi connectivity index (χ1n) is 23.1. The topological polar surface area (TPSA) is 78.9 Å². The zero-order valence-corrected chi connectivity index (χ0v) is 36.3. The summed E-state index contributed by atoms with van der Waals surface area (Å²) in [5, 5.41) is 0. The summed E-state index contributed by atoms with van der Waals surface area (Å²) in [5.41, 5.74) is 0. The third kappa shape index (κ3) is 39.9. The summed E-state index contributed by atoms with van der Waals surface area (Å²) >= 11 is 0. The molecule has 6 heteroatoms. The van der Waals surface area contributed by atoms with Crippen LogP contribution in [0.25, 0.3) is 0 Å². The molecule has 0 saturated carbocycles. The maximum atomic E-state index is 12.7. The molecule has 0 aliphatic rings. The van der Waals surface area contributed by atoms with Gasteiger partial charge in [-0.15, -0.1) is 0 Å². The van der Waals surface area contributed by atoms with Gasteiger partial charge < -0.3 is 14.2 Å². The molecule has 0 aliphatic carbocycles. The molecule has 0 radical (unpaired) electrons. The summed E-state index contributed by atoms with van der Waals surface area (Å²) in [6.45, 7) is 13.6. The molecule has 0 aromatic rings. The van der Waals surface area contributed by atoms with Gasteiger partial charge in [0.05, 0.1) is 0 Å². The summed E-state index contributed by atoms with van der Waals surface area (Å²) in [5.74, 6) is 1.57. The van der Waals surface area contributed by atoms with Crippen LogP contribution in [0.3, 0.4) is 0 Å². The average Bonchev–Trinajstić information content (AvgIpc) is 3.12. The van der Waals surface area contributed by atoms with Crippen molar-refractivity contribution in [1.29, 1.82) is 0 Å². The van der Waals surface area contributed by atoms with Crippen molar-refractivity contribution in [2.24, 2.45) is 17.8 Å². The Morgan fingerprint density at radius 2 is 0.660 bits per heavy atom. The quantitative estimate of drug-likeness (QED) is 0.0352. The van der Waals surface area contributed by atoms with Gasteiger partial charge in [0.1, 0.15) is 13.2 Å². The third-order valence-electron chi connectivity index (χ3n) is 10.8. The van der Waals surface area contributed by atoms with Gasteiger partial charge in [0, 0.05) is 19.3 Å². The van der Waals surface area contributed by atoms with E-state index in [-0.39, 0.29) is 31.1 Å². The number of unbranched alkanes of at least 4 members (excludes halogenated alkanes) is 22. The van der Waals surface area contributed by atoms with Crippen LogP contribution in [-0.4, -0.2) is 37.2 Å². The Bertz CT molecular complexity index is 824. The van der Waals surface area contributed by atoms with Gasteiger partial charge in [-0.25, -0.2) is 0 Å². The van der Waals surface area contributed by atoms with Crippen LogP contribution >= 0.6 is 0 Å². The summed E-state index contributed by atoms with van der Waals surface area (Å²) < 4.78 is 16.7. The Morgan fingerprint density at radius 1 is 0.377 bits per heavy atom. The van der Waals surface area contributed by atoms with Crippen LogP contribution in [-0.2, 0) is 28.6 Å². The van der Waals surface area contributed by atoms with E-state index >= 15 is 0 Å². The van der Waals surface area contributed by atoms with E-state index in [2.05, 4.69) is 41.5 Å². The molecule has 53 heavy (non-hydrogen) atoms. The lowest BCUT2D eigenvalue weighted by Crippen LogP contribution is -2.30. The van der Waals surface area contributed by atoms with Crippen LogP contribution in [0.15, 0.2) is 0 Å². The first-order chi connectivity index (χ1) is 25.6. The molecular formula is C47H90O6. The number of hydrogen-bond donors (Lipinski definition) is 0. The highest BCUT2D eigenvalue weighted by Gasteiger charge is 2.19. The molecule has 0 amide bonds. The minimum Gasteiger partial charge on any atom is -0.462 e. The van der Waals surface area contributed by atoms with E-state index in [1.807, 2.05) is 0 Å². The first kappa shape index (κ1) is 51.4. The van der Waals surface area contributed by atoms with Crippen molar-refractivity contribution in [1.82, 2.24) is 0 Å². The second-order valence-corrected chi connectivity index (χ2v) is 17.2. The molecule has 0 fully saturated rings. The standard InChI is InChI=1S/C47H90O6/c1-7-43(6)35-29-23-16-12-8-9-13-17-24-30-36-45(48)51-39-44(53-47(50)38-32-26-20-19-22-28-34-42(4)5)40-52-46(49)37-31-25-18-14-10-11-15-21-27-33-41(2)3/h41-44H,7-40H2,1-6H3/t43?,44-/m1/s1. The number of hydrogen-bond acceptors (Lipinski definition) is 6. The highest BCUT2D eigenvalue weighted by atomic mass is 16.6. The molecule has 0 aromatic heterocycles. The van der Waals surface area contributed by atoms with E-state index in [9.17, 15) is 14.4 Å². The first-order valence-corrected chi connectivity index (χ1v) is 23.1. The zero-order valence-electron chi connectivity index (χ0n) is 36.3. The van der Waals surface area contributed by atoms with E-state index in [4.69, 9.17) is 14.2 Å². The molecule has 0 rings (SSSR count). The van der Waals surface area contributed by atoms with Crippen LogP contribution in [0.5, 0.6) is 0 Å². The molecular weight excluding hydrogens is 661 g/mol. The maximum Gasteiger partial charge on any atom is 0.306 e. The zero-order chi connectivity index (χ0) is 39.2. The average molecular weight is 751 g/mol. The van der Waals surface area contributed by atoms with Gasteiger partial charge in [-0.05, 0) is 37.0 Å². The maximum absolute atomic E-state index is 12.7. The lowest BCUT2D eigenvalue weighted by Gasteiger charge is -2.18. The van der Waals surface area contributed by atoms with Crippen LogP contribution in [0.4, 0.5) is 0 Å². The van der Waals surface area contributed by atoms with Crippen molar-refractivity contribution in [2.45, 2.75) is 253 Å². The predicted molar refractivity (Wildman–Crippen MR) is 224 cm³/mol. The Kier molecular flexibility index (Phi) is 37.5. The normalized spacial score (nSPS) is 12.7. The lowest BCUT2D eigenvalue weighted by atomic mass is 9.99. The largest absolute Gasteiger partial charge is 0.462 e. The van der Waals surface area contributed by atoms with Gasteiger partial charge >= 0.3 is 17.9 Å². The van der Waals surface area contributed by atoms with E-state index in [0.717, 1.165) is 75.5 Å². The Balaban J connectivity index is 4.31. The Labute approximate surface area is 329 Å². The lowest BCUT2D eigenvalue weighted by molar-refractivity contribution is -0.167. The minimum atomic E-state index is -0.762. The van der Waals surface area contributed by atoms with Crippen molar-refractivity contribution >= 4 is 17.9 Å². The summed E-state index contributed by atoms with van der Waals surface area (Å²) in [4.78, 5) is 37.7. The molecule has 6 nitrogen and oxygen atoms in total. The molecule has 0 spiro atoms. The number of carbonyl (C=O) groups excluding carboxylic acids is 3. The van der Waals surface area contributed by atoms with E-state index in [0.29, 0.717) is 19.3 Å². The monoisotopic (exact) mass is 751 g/mol. The molecule has 1 unspecified atom stereocenters. The van der Waals surface area contributed by atoms with Crippen LogP contribution < -0.4 is 0 Å². The molecule has 0 bridgehead atoms. The molecule has 0 N–H and O–H groups in total. The van der Waals surface area contributed by atoms with Gasteiger partial charge in [0.2, 0.25) is 0 Å². The summed E-state index contributed by atoms with van der Waals surface area (Å²) in [7, 11) is 0. The molecule has 0 heterocycles. The number of esters is 3. The molecule has 0 aromatic carbocycles. The van der Waals surface area contributed by atoms with Gasteiger partial charge in [-0.1, -0.05) is 208 Å². The highest BCUT2D eigenvalue weighted by Crippen LogP contribution is 2.17. The van der Waals surface area contributed by atoms with Crippen LogP contribution in [0.2, 0.25) is 0 Å². The highest BCUT2D eigenvalue weighted by molar-refractivity contribution is 5.71. The van der Waals surface area contributed by atoms with Crippen LogP contribution in [0, 0.1) is 17.8 Å². The van der Waals surface area contributed by atoms with Crippen molar-refractivity contribution in [3.63, 3.8) is 0 Å². The van der Waals surface area contributed by atoms with Gasteiger partial charge in [-0.3, -0.25) is 14.4 Å². The molecule has 314 valence electrons. The second-order valence-electron chi connectivity index (χ2n) is 17.2. The SMILES string of the molecule is CCC(C)CCCCCCCCCCCCC(=O)OC[C@H](COC(=O)CCCCCCCCCCCC(C)C)OC(=O)CCCCCCCCC(C)C. The van der Waals surface area contributed by atoms with Crippen LogP contribution in [0.1, 0.15) is 247 Å². The van der Waals surface area contributed by atoms with E-state index in [1.165, 1.54) is 128 Å². The van der Waals surface area contributed by atoms with E-state index < -0.39 is 6.10 Å². The van der Waals surface area contributed by atoms with Crippen molar-refractivity contribution < 1.29 is 28.6 Å². The van der Waals surface area contributed by atoms with Crippen molar-refractivity contribution in [3.8, 4) is 0 Å². The number of rotatable bonds is 40. The molecule has 2 atom stereocenters. The smallest absolute Gasteiger partial charge is 0.306 e. The fourth-order valence-electron chi connectivity index (χ4n) is 6.85. The summed E-state index contributed by atoms with van der Waals surface area (Å²) in [6.07, 6.45) is 35.3.